The molecule has 3 heterocycles. The van der Waals surface area contributed by atoms with Gasteiger partial charge in [0.25, 0.3) is 0 Å². The van der Waals surface area contributed by atoms with Crippen LogP contribution in [0.15, 0.2) is 24.5 Å². The number of pyridine rings is 1. The van der Waals surface area contributed by atoms with Crippen molar-refractivity contribution in [1.29, 1.82) is 0 Å². The SMILES string of the molecule is O=C(O)c1nn(Cc2ccncc2)c2c1CNCC2. The van der Waals surface area contributed by atoms with Crippen LogP contribution in [0.3, 0.4) is 0 Å². The van der Waals surface area contributed by atoms with Crippen molar-refractivity contribution in [2.45, 2.75) is 19.5 Å². The number of nitrogens with one attached hydrogen (secondary N) is 1. The Morgan fingerprint density at radius 1 is 1.42 bits per heavy atom. The number of fused-ring (bicyclic) bond motifs is 1. The Morgan fingerprint density at radius 3 is 2.95 bits per heavy atom. The second-order valence-corrected chi connectivity index (χ2v) is 4.52. The molecule has 0 saturated carbocycles. The molecule has 3 rings (SSSR count). The molecule has 0 bridgehead atoms. The van der Waals surface area contributed by atoms with Gasteiger partial charge in [-0.1, -0.05) is 0 Å². The van der Waals surface area contributed by atoms with Gasteiger partial charge in [-0.25, -0.2) is 4.79 Å². The number of carbonyl (C=O) groups is 1. The summed E-state index contributed by atoms with van der Waals surface area (Å²) < 4.78 is 1.80. The first-order valence-corrected chi connectivity index (χ1v) is 6.17. The lowest BCUT2D eigenvalue weighted by atomic mass is 10.1. The van der Waals surface area contributed by atoms with Gasteiger partial charge < -0.3 is 10.4 Å². The maximum Gasteiger partial charge on any atom is 0.356 e. The fourth-order valence-electron chi connectivity index (χ4n) is 2.38. The highest BCUT2D eigenvalue weighted by Crippen LogP contribution is 2.19. The lowest BCUT2D eigenvalue weighted by Gasteiger charge is -2.15. The second kappa shape index (κ2) is 4.81. The molecule has 0 aromatic carbocycles. The molecular weight excluding hydrogens is 244 g/mol. The average molecular weight is 258 g/mol. The van der Waals surface area contributed by atoms with Gasteiger partial charge in [-0.15, -0.1) is 0 Å². The maximum absolute atomic E-state index is 11.2. The van der Waals surface area contributed by atoms with Crippen LogP contribution in [0.1, 0.15) is 27.3 Å². The van der Waals surface area contributed by atoms with E-state index in [4.69, 9.17) is 0 Å². The van der Waals surface area contributed by atoms with E-state index in [2.05, 4.69) is 15.4 Å². The predicted molar refractivity (Wildman–Crippen MR) is 67.9 cm³/mol. The minimum atomic E-state index is -0.964. The number of nitrogens with zero attached hydrogens (tertiary/aromatic N) is 3. The quantitative estimate of drug-likeness (QED) is 0.845. The molecule has 1 aliphatic heterocycles. The standard InChI is InChI=1S/C13H14N4O2/c18-13(19)12-10-7-15-6-3-11(10)17(16-12)8-9-1-4-14-5-2-9/h1-2,4-5,15H,3,6-8H2,(H,18,19). The van der Waals surface area contributed by atoms with Crippen molar-refractivity contribution >= 4 is 5.97 Å². The Kier molecular flexibility index (Phi) is 3.00. The number of aromatic nitrogens is 3. The topological polar surface area (TPSA) is 80.0 Å². The summed E-state index contributed by atoms with van der Waals surface area (Å²) in [6.07, 6.45) is 4.26. The first kappa shape index (κ1) is 11.9. The molecule has 2 aromatic heterocycles. The van der Waals surface area contributed by atoms with E-state index >= 15 is 0 Å². The lowest BCUT2D eigenvalue weighted by Crippen LogP contribution is -2.25. The third-order valence-electron chi connectivity index (χ3n) is 3.29. The Hall–Kier alpha value is -2.21. The minimum Gasteiger partial charge on any atom is -0.476 e. The Bertz CT molecular complexity index is 607. The molecule has 0 amide bonds. The molecule has 6 heteroatoms. The average Bonchev–Trinajstić information content (AvgIpc) is 2.79. The molecule has 19 heavy (non-hydrogen) atoms. The van der Waals surface area contributed by atoms with Crippen LogP contribution in [0.5, 0.6) is 0 Å². The van der Waals surface area contributed by atoms with Crippen molar-refractivity contribution in [2.24, 2.45) is 0 Å². The third-order valence-corrected chi connectivity index (χ3v) is 3.29. The van der Waals surface area contributed by atoms with Crippen molar-refractivity contribution in [3.8, 4) is 0 Å². The van der Waals surface area contributed by atoms with Gasteiger partial charge in [-0.2, -0.15) is 5.10 Å². The van der Waals surface area contributed by atoms with Gasteiger partial charge in [0.2, 0.25) is 0 Å². The van der Waals surface area contributed by atoms with Gasteiger partial charge in [-0.3, -0.25) is 9.67 Å². The van der Waals surface area contributed by atoms with E-state index in [1.807, 2.05) is 12.1 Å². The van der Waals surface area contributed by atoms with Gasteiger partial charge in [0, 0.05) is 43.2 Å². The monoisotopic (exact) mass is 258 g/mol. The van der Waals surface area contributed by atoms with E-state index in [0.717, 1.165) is 29.8 Å². The zero-order valence-corrected chi connectivity index (χ0v) is 10.3. The van der Waals surface area contributed by atoms with Crippen molar-refractivity contribution < 1.29 is 9.90 Å². The van der Waals surface area contributed by atoms with Gasteiger partial charge >= 0.3 is 5.97 Å². The molecule has 0 unspecified atom stereocenters. The number of aromatic carboxylic acids is 1. The molecule has 0 aliphatic carbocycles. The largest absolute Gasteiger partial charge is 0.476 e. The summed E-state index contributed by atoms with van der Waals surface area (Å²) in [5.41, 5.74) is 3.06. The molecular formula is C13H14N4O2. The Labute approximate surface area is 110 Å². The predicted octanol–water partition coefficient (Wildman–Crippen LogP) is 0.670. The van der Waals surface area contributed by atoms with Crippen molar-refractivity contribution in [2.75, 3.05) is 6.54 Å². The van der Waals surface area contributed by atoms with Crippen LogP contribution in [0, 0.1) is 0 Å². The molecule has 0 fully saturated rings. The highest BCUT2D eigenvalue weighted by Gasteiger charge is 2.24. The summed E-state index contributed by atoms with van der Waals surface area (Å²) in [5.74, 6) is -0.964. The van der Waals surface area contributed by atoms with Gasteiger partial charge in [0.15, 0.2) is 5.69 Å². The van der Waals surface area contributed by atoms with Gasteiger partial charge in [0.1, 0.15) is 0 Å². The van der Waals surface area contributed by atoms with Crippen LogP contribution >= 0.6 is 0 Å². The number of carboxylic acids is 1. The first-order chi connectivity index (χ1) is 9.25. The molecule has 0 atom stereocenters. The lowest BCUT2D eigenvalue weighted by molar-refractivity contribution is 0.0688. The van der Waals surface area contributed by atoms with Crippen LogP contribution in [-0.4, -0.2) is 32.4 Å². The highest BCUT2D eigenvalue weighted by atomic mass is 16.4. The first-order valence-electron chi connectivity index (χ1n) is 6.17. The minimum absolute atomic E-state index is 0.163. The molecule has 0 radical (unpaired) electrons. The van der Waals surface area contributed by atoms with Gasteiger partial charge in [-0.05, 0) is 17.7 Å². The summed E-state index contributed by atoms with van der Waals surface area (Å²) in [6.45, 7) is 2.01. The zero-order valence-electron chi connectivity index (χ0n) is 10.3. The molecule has 98 valence electrons. The summed E-state index contributed by atoms with van der Waals surface area (Å²) in [5, 5.41) is 16.6. The number of hydrogen-bond acceptors (Lipinski definition) is 4. The van der Waals surface area contributed by atoms with Crippen LogP contribution in [0.4, 0.5) is 0 Å². The maximum atomic E-state index is 11.2. The van der Waals surface area contributed by atoms with E-state index in [9.17, 15) is 9.90 Å². The molecule has 0 saturated heterocycles. The van der Waals surface area contributed by atoms with Crippen LogP contribution < -0.4 is 5.32 Å². The second-order valence-electron chi connectivity index (χ2n) is 4.52. The zero-order chi connectivity index (χ0) is 13.2. The molecule has 6 nitrogen and oxygen atoms in total. The third kappa shape index (κ3) is 2.22. The van der Waals surface area contributed by atoms with Crippen molar-refractivity contribution in [3.63, 3.8) is 0 Å². The van der Waals surface area contributed by atoms with E-state index in [1.54, 1.807) is 17.1 Å². The number of carboxylic acid groups (broad SMARTS) is 1. The number of rotatable bonds is 3. The molecule has 0 spiro atoms. The molecule has 2 N–H and O–H groups in total. The summed E-state index contributed by atoms with van der Waals surface area (Å²) in [6, 6.07) is 3.82. The van der Waals surface area contributed by atoms with Crippen LogP contribution in [-0.2, 0) is 19.5 Å². The molecule has 1 aliphatic rings. The van der Waals surface area contributed by atoms with Crippen molar-refractivity contribution in [1.82, 2.24) is 20.1 Å². The number of hydrogen-bond donors (Lipinski definition) is 2. The Balaban J connectivity index is 1.99. The summed E-state index contributed by atoms with van der Waals surface area (Å²) in [4.78, 5) is 15.2. The summed E-state index contributed by atoms with van der Waals surface area (Å²) in [7, 11) is 0. The van der Waals surface area contributed by atoms with Crippen LogP contribution in [0.25, 0.3) is 0 Å². The van der Waals surface area contributed by atoms with E-state index < -0.39 is 5.97 Å². The van der Waals surface area contributed by atoms with Gasteiger partial charge in [0.05, 0.1) is 6.54 Å². The van der Waals surface area contributed by atoms with Crippen LogP contribution in [0.2, 0.25) is 0 Å². The van der Waals surface area contributed by atoms with Crippen molar-refractivity contribution in [3.05, 3.63) is 47.0 Å². The fourth-order valence-corrected chi connectivity index (χ4v) is 2.38. The Morgan fingerprint density at radius 2 is 2.21 bits per heavy atom. The van der Waals surface area contributed by atoms with E-state index in [-0.39, 0.29) is 5.69 Å². The normalized spacial score (nSPS) is 14.1. The highest BCUT2D eigenvalue weighted by molar-refractivity contribution is 5.87. The fraction of sp³-hybridized carbons (Fsp3) is 0.308. The van der Waals surface area contributed by atoms with E-state index in [0.29, 0.717) is 13.1 Å². The molecule has 2 aromatic rings. The summed E-state index contributed by atoms with van der Waals surface area (Å²) >= 11 is 0. The smallest absolute Gasteiger partial charge is 0.356 e. The van der Waals surface area contributed by atoms with E-state index in [1.165, 1.54) is 0 Å².